The van der Waals surface area contributed by atoms with Gasteiger partial charge in [-0.25, -0.2) is 0 Å². The molecular weight excluding hydrogens is 263 g/mol. The highest BCUT2D eigenvalue weighted by Crippen LogP contribution is 2.23. The van der Waals surface area contributed by atoms with Gasteiger partial charge in [0.25, 0.3) is 0 Å². The number of benzene rings is 1. The molecule has 0 aliphatic heterocycles. The maximum Gasteiger partial charge on any atom is 0.133 e. The smallest absolute Gasteiger partial charge is 0.133 e. The zero-order valence-corrected chi connectivity index (χ0v) is 9.68. The highest BCUT2D eigenvalue weighted by molar-refractivity contribution is 14.1. The summed E-state index contributed by atoms with van der Waals surface area (Å²) in [6.45, 7) is 6.12. The Kier molecular flexibility index (Phi) is 2.99. The van der Waals surface area contributed by atoms with Gasteiger partial charge in [-0.1, -0.05) is 6.07 Å². The van der Waals surface area contributed by atoms with Crippen molar-refractivity contribution in [3.8, 4) is 5.75 Å². The van der Waals surface area contributed by atoms with Crippen molar-refractivity contribution in [3.05, 3.63) is 27.8 Å². The summed E-state index contributed by atoms with van der Waals surface area (Å²) < 4.78 is 6.81. The first-order valence-corrected chi connectivity index (χ1v) is 4.91. The van der Waals surface area contributed by atoms with Crippen LogP contribution in [0.2, 0.25) is 0 Å². The highest BCUT2D eigenvalue weighted by atomic mass is 127. The van der Waals surface area contributed by atoms with Crippen molar-refractivity contribution in [1.29, 1.82) is 0 Å². The second-order valence-electron chi connectivity index (χ2n) is 3.57. The summed E-state index contributed by atoms with van der Waals surface area (Å²) in [4.78, 5) is 0. The van der Waals surface area contributed by atoms with Gasteiger partial charge < -0.3 is 4.74 Å². The average molecular weight is 275 g/mol. The summed E-state index contributed by atoms with van der Waals surface area (Å²) in [6, 6.07) is 8.72. The van der Waals surface area contributed by atoms with Gasteiger partial charge in [-0.2, -0.15) is 0 Å². The van der Waals surface area contributed by atoms with E-state index in [4.69, 9.17) is 4.74 Å². The average Bonchev–Trinajstić information content (AvgIpc) is 1.91. The number of halogens is 1. The molecule has 1 radical (unpaired) electrons. The van der Waals surface area contributed by atoms with E-state index in [1.165, 1.54) is 0 Å². The first-order chi connectivity index (χ1) is 5.49. The molecule has 0 fully saturated rings. The Balaban J connectivity index is 2.83. The fourth-order valence-corrected chi connectivity index (χ4v) is 1.28. The molecule has 0 saturated heterocycles. The molecule has 1 rings (SSSR count). The summed E-state index contributed by atoms with van der Waals surface area (Å²) in [7, 11) is 0. The Morgan fingerprint density at radius 2 is 2.08 bits per heavy atom. The molecule has 65 valence electrons. The third kappa shape index (κ3) is 3.01. The van der Waals surface area contributed by atoms with E-state index in [2.05, 4.69) is 28.7 Å². The van der Waals surface area contributed by atoms with Gasteiger partial charge in [0, 0.05) is 0 Å². The van der Waals surface area contributed by atoms with Crippen molar-refractivity contribution < 1.29 is 4.74 Å². The summed E-state index contributed by atoms with van der Waals surface area (Å²) in [5.41, 5.74) is -0.124. The lowest BCUT2D eigenvalue weighted by Crippen LogP contribution is -2.23. The summed E-state index contributed by atoms with van der Waals surface area (Å²) in [5.74, 6) is 0.932. The number of hydrogen-bond acceptors (Lipinski definition) is 1. The first-order valence-electron chi connectivity index (χ1n) is 3.84. The molecule has 0 spiro atoms. The molecule has 2 heteroatoms. The van der Waals surface area contributed by atoms with E-state index in [9.17, 15) is 0 Å². The normalized spacial score (nSPS) is 11.3. The Hall–Kier alpha value is -0.250. The molecule has 12 heavy (non-hydrogen) atoms. The van der Waals surface area contributed by atoms with Crippen LogP contribution in [-0.2, 0) is 0 Å². The largest absolute Gasteiger partial charge is 0.487 e. The Bertz CT molecular complexity index is 263. The lowest BCUT2D eigenvalue weighted by molar-refractivity contribution is 0.129. The van der Waals surface area contributed by atoms with E-state index in [-0.39, 0.29) is 5.60 Å². The summed E-state index contributed by atoms with van der Waals surface area (Å²) >= 11 is 2.24. The molecule has 0 saturated carbocycles. The third-order valence-electron chi connectivity index (χ3n) is 1.19. The Morgan fingerprint density at radius 3 is 2.58 bits per heavy atom. The van der Waals surface area contributed by atoms with Gasteiger partial charge in [0.2, 0.25) is 0 Å². The number of ether oxygens (including phenoxy) is 1. The standard InChI is InChI=1S/C10H12IO/c1-10(2,3)12-9-7-5-4-6-8(9)11/h5-7H,1-3H3. The molecule has 0 bridgehead atoms. The highest BCUT2D eigenvalue weighted by Gasteiger charge is 2.12. The van der Waals surface area contributed by atoms with Crippen LogP contribution in [-0.4, -0.2) is 5.60 Å². The van der Waals surface area contributed by atoms with Crippen LogP contribution in [0.3, 0.4) is 0 Å². The van der Waals surface area contributed by atoms with Crippen molar-refractivity contribution in [1.82, 2.24) is 0 Å². The van der Waals surface area contributed by atoms with E-state index in [0.717, 1.165) is 9.32 Å². The molecule has 0 atom stereocenters. The van der Waals surface area contributed by atoms with Gasteiger partial charge in [-0.05, 0) is 61.6 Å². The third-order valence-corrected chi connectivity index (χ3v) is 2.04. The minimum atomic E-state index is -0.124. The zero-order valence-electron chi connectivity index (χ0n) is 7.52. The van der Waals surface area contributed by atoms with E-state index in [1.54, 1.807) is 0 Å². The molecule has 0 heterocycles. The Labute approximate surface area is 87.3 Å². The first kappa shape index (κ1) is 9.84. The van der Waals surface area contributed by atoms with Gasteiger partial charge in [-0.3, -0.25) is 0 Å². The second-order valence-corrected chi connectivity index (χ2v) is 4.73. The quantitative estimate of drug-likeness (QED) is 0.715. The van der Waals surface area contributed by atoms with Gasteiger partial charge >= 0.3 is 0 Å². The fourth-order valence-electron chi connectivity index (χ4n) is 0.808. The summed E-state index contributed by atoms with van der Waals surface area (Å²) in [6.07, 6.45) is 0. The van der Waals surface area contributed by atoms with Crippen LogP contribution in [0, 0.1) is 9.64 Å². The molecule has 0 aliphatic carbocycles. The second kappa shape index (κ2) is 3.64. The molecular formula is C10H12IO. The lowest BCUT2D eigenvalue weighted by atomic mass is 10.2. The zero-order chi connectivity index (χ0) is 9.19. The molecule has 1 aromatic rings. The molecule has 1 aromatic carbocycles. The monoisotopic (exact) mass is 275 g/mol. The SMILES string of the molecule is CC(C)(C)Oc1cc[c]cc1I. The predicted octanol–water partition coefficient (Wildman–Crippen LogP) is 3.27. The topological polar surface area (TPSA) is 9.23 Å². The van der Waals surface area contributed by atoms with Gasteiger partial charge in [0.05, 0.1) is 3.57 Å². The van der Waals surface area contributed by atoms with Crippen LogP contribution in [0.15, 0.2) is 18.2 Å². The van der Waals surface area contributed by atoms with Gasteiger partial charge in [0.15, 0.2) is 0 Å². The molecule has 0 aliphatic rings. The maximum absolute atomic E-state index is 5.70. The molecule has 0 N–H and O–H groups in total. The van der Waals surface area contributed by atoms with Crippen LogP contribution in [0.1, 0.15) is 20.8 Å². The molecule has 0 unspecified atom stereocenters. The van der Waals surface area contributed by atoms with Crippen LogP contribution in [0.5, 0.6) is 5.75 Å². The van der Waals surface area contributed by atoms with Crippen molar-refractivity contribution in [3.63, 3.8) is 0 Å². The fraction of sp³-hybridized carbons (Fsp3) is 0.400. The number of hydrogen-bond donors (Lipinski definition) is 0. The predicted molar refractivity (Wildman–Crippen MR) is 58.4 cm³/mol. The van der Waals surface area contributed by atoms with Crippen LogP contribution < -0.4 is 4.74 Å². The van der Waals surface area contributed by atoms with Crippen molar-refractivity contribution in [2.24, 2.45) is 0 Å². The van der Waals surface area contributed by atoms with Crippen LogP contribution >= 0.6 is 22.6 Å². The van der Waals surface area contributed by atoms with Crippen molar-refractivity contribution in [2.75, 3.05) is 0 Å². The Morgan fingerprint density at radius 1 is 1.42 bits per heavy atom. The minimum absolute atomic E-state index is 0.124. The summed E-state index contributed by atoms with van der Waals surface area (Å²) in [5, 5.41) is 0. The van der Waals surface area contributed by atoms with Crippen molar-refractivity contribution in [2.45, 2.75) is 26.4 Å². The van der Waals surface area contributed by atoms with Crippen LogP contribution in [0.4, 0.5) is 0 Å². The molecule has 0 amide bonds. The van der Waals surface area contributed by atoms with Gasteiger partial charge in [0.1, 0.15) is 11.4 Å². The van der Waals surface area contributed by atoms with Crippen LogP contribution in [0.25, 0.3) is 0 Å². The lowest BCUT2D eigenvalue weighted by Gasteiger charge is -2.21. The van der Waals surface area contributed by atoms with Crippen molar-refractivity contribution >= 4 is 22.6 Å². The molecule has 0 aromatic heterocycles. The van der Waals surface area contributed by atoms with Gasteiger partial charge in [-0.15, -0.1) is 0 Å². The van der Waals surface area contributed by atoms with E-state index >= 15 is 0 Å². The molecule has 1 nitrogen and oxygen atoms in total. The maximum atomic E-state index is 5.70. The minimum Gasteiger partial charge on any atom is -0.487 e. The van der Waals surface area contributed by atoms with E-state index in [0.29, 0.717) is 0 Å². The number of rotatable bonds is 1. The van der Waals surface area contributed by atoms with E-state index in [1.807, 2.05) is 39.0 Å². The van der Waals surface area contributed by atoms with E-state index < -0.39 is 0 Å².